The zero-order valence-corrected chi connectivity index (χ0v) is 39.2. The van der Waals surface area contributed by atoms with Gasteiger partial charge in [-0.15, -0.1) is 0 Å². The molecule has 1 spiro atoms. The van der Waals surface area contributed by atoms with E-state index in [0.717, 1.165) is 56.3 Å². The van der Waals surface area contributed by atoms with Crippen LogP contribution in [-0.2, 0) is 11.2 Å². The van der Waals surface area contributed by atoms with Gasteiger partial charge in [-0.3, -0.25) is 4.79 Å². The molecule has 9 rings (SSSR count). The topological polar surface area (TPSA) is 116 Å². The maximum atomic E-state index is 14.4. The molecule has 7 aliphatic rings. The molecule has 9 heteroatoms. The molecule has 334 valence electrons. The fourth-order valence-electron chi connectivity index (χ4n) is 15.4. The van der Waals surface area contributed by atoms with E-state index in [1.54, 1.807) is 5.57 Å². The first-order chi connectivity index (χ1) is 29.1. The number of aryl methyl sites for hydroxylation is 1. The van der Waals surface area contributed by atoms with Gasteiger partial charge < -0.3 is 25.0 Å². The van der Waals surface area contributed by atoms with Crippen LogP contribution in [0.2, 0.25) is 0 Å². The van der Waals surface area contributed by atoms with E-state index in [-0.39, 0.29) is 58.5 Å². The van der Waals surface area contributed by atoms with Gasteiger partial charge in [-0.05, 0) is 148 Å². The number of nitrogens with zero attached hydrogens (tertiary/aromatic N) is 2. The number of aliphatic hydroxyl groups excluding tert-OH is 3. The van der Waals surface area contributed by atoms with Crippen molar-refractivity contribution in [3.63, 3.8) is 0 Å². The average Bonchev–Trinajstić information content (AvgIpc) is 3.98. The van der Waals surface area contributed by atoms with Crippen molar-refractivity contribution < 1.29 is 25.2 Å². The third kappa shape index (κ3) is 7.71. The van der Waals surface area contributed by atoms with Crippen LogP contribution in [0.3, 0.4) is 0 Å². The minimum absolute atomic E-state index is 0.00407. The third-order valence-corrected chi connectivity index (χ3v) is 21.8. The van der Waals surface area contributed by atoms with E-state index in [2.05, 4.69) is 80.7 Å². The fraction of sp³-hybridized carbons (Fsp3) is 0.731. The lowest BCUT2D eigenvalue weighted by molar-refractivity contribution is -0.159. The molecule has 4 N–H and O–H groups in total. The van der Waals surface area contributed by atoms with Gasteiger partial charge in [-0.2, -0.15) is 0 Å². The highest BCUT2D eigenvalue weighted by Crippen LogP contribution is 2.71. The zero-order chi connectivity index (χ0) is 43.0. The highest BCUT2D eigenvalue weighted by Gasteiger charge is 2.71. The maximum absolute atomic E-state index is 14.4. The number of benzene rings is 1. The van der Waals surface area contributed by atoms with Crippen molar-refractivity contribution in [1.82, 2.24) is 9.55 Å². The average molecular weight is 871 g/mol. The van der Waals surface area contributed by atoms with Crippen LogP contribution in [-0.4, -0.2) is 70.7 Å². The molecule has 1 aromatic carbocycles. The van der Waals surface area contributed by atoms with Gasteiger partial charge in [0.05, 0.1) is 30.2 Å². The molecule has 0 amide bonds. The van der Waals surface area contributed by atoms with Crippen molar-refractivity contribution in [2.24, 2.45) is 51.2 Å². The number of hydrogen-bond donors (Lipinski definition) is 4. The zero-order valence-electron chi connectivity index (χ0n) is 37.6. The molecule has 61 heavy (non-hydrogen) atoms. The van der Waals surface area contributed by atoms with E-state index in [0.29, 0.717) is 18.3 Å². The van der Waals surface area contributed by atoms with E-state index in [4.69, 9.17) is 0 Å². The highest BCUT2D eigenvalue weighted by atomic mass is 33.1. The van der Waals surface area contributed by atoms with E-state index in [1.165, 1.54) is 56.1 Å². The number of carbonyl (C=O) groups is 1. The lowest BCUT2D eigenvalue weighted by Crippen LogP contribution is -2.63. The summed E-state index contributed by atoms with van der Waals surface area (Å²) < 4.78 is 2.31. The number of hydrogen-bond acceptors (Lipinski definition) is 8. The Labute approximate surface area is 373 Å². The molecule has 2 aromatic rings. The minimum atomic E-state index is -1.27. The molecule has 7 nitrogen and oxygen atoms in total. The molecule has 5 saturated carbocycles. The van der Waals surface area contributed by atoms with Crippen molar-refractivity contribution in [3.05, 3.63) is 77.4 Å². The minimum Gasteiger partial charge on any atom is -0.393 e. The Morgan fingerprint density at radius 1 is 0.885 bits per heavy atom. The fourth-order valence-corrected chi connectivity index (χ4v) is 18.7. The third-order valence-electron chi connectivity index (χ3n) is 18.8. The summed E-state index contributed by atoms with van der Waals surface area (Å²) in [5, 5.41) is 49.2. The van der Waals surface area contributed by atoms with Crippen LogP contribution in [0, 0.1) is 51.2 Å². The molecule has 0 radical (unpaired) electrons. The van der Waals surface area contributed by atoms with E-state index in [1.807, 2.05) is 40.2 Å². The number of imidazole rings is 1. The Balaban J connectivity index is 1.16. The molecule has 13 atom stereocenters. The van der Waals surface area contributed by atoms with Crippen molar-refractivity contribution in [3.8, 4) is 0 Å². The lowest BCUT2D eigenvalue weighted by atomic mass is 9.45. The van der Waals surface area contributed by atoms with Gasteiger partial charge in [0.25, 0.3) is 0 Å². The van der Waals surface area contributed by atoms with Crippen LogP contribution >= 0.6 is 21.6 Å². The molecule has 1 aliphatic heterocycles. The summed E-state index contributed by atoms with van der Waals surface area (Å²) in [6.07, 6.45) is 22.1. The number of aliphatic hydroxyl groups is 4. The number of rotatable bonds is 4. The van der Waals surface area contributed by atoms with Crippen molar-refractivity contribution >= 4 is 27.4 Å². The first-order valence-electron chi connectivity index (χ1n) is 24.1. The van der Waals surface area contributed by atoms with E-state index < -0.39 is 34.7 Å². The molecule has 1 saturated heterocycles. The molecule has 13 unspecified atom stereocenters. The van der Waals surface area contributed by atoms with Crippen molar-refractivity contribution in [2.75, 3.05) is 5.75 Å². The summed E-state index contributed by atoms with van der Waals surface area (Å²) in [6, 6.07) is 10.9. The van der Waals surface area contributed by atoms with Gasteiger partial charge in [-0.1, -0.05) is 111 Å². The lowest BCUT2D eigenvalue weighted by Gasteiger charge is -2.61. The van der Waals surface area contributed by atoms with Crippen LogP contribution in [0.5, 0.6) is 0 Å². The Kier molecular flexibility index (Phi) is 12.2. The Hall–Kier alpha value is -1.88. The normalized spacial score (nSPS) is 43.8. The second-order valence-electron chi connectivity index (χ2n) is 22.5. The van der Waals surface area contributed by atoms with Crippen LogP contribution in [0.15, 0.2) is 71.8 Å². The van der Waals surface area contributed by atoms with E-state index in [9.17, 15) is 25.2 Å². The Morgan fingerprint density at radius 2 is 1.64 bits per heavy atom. The molecule has 6 fully saturated rings. The number of carbonyl (C=O) groups excluding carboxylic acids is 1. The summed E-state index contributed by atoms with van der Waals surface area (Å²) in [7, 11) is 3.90. The number of allylic oxidation sites excluding steroid dienone is 2. The first-order valence-corrected chi connectivity index (χ1v) is 26.5. The molecular formula is C52H74N2O5S2. The number of aromatic nitrogens is 2. The molecule has 1 aromatic heterocycles. The quantitative estimate of drug-likeness (QED) is 0.177. The molecule has 2 heterocycles. The summed E-state index contributed by atoms with van der Waals surface area (Å²) >= 11 is 0. The second-order valence-corrected chi connectivity index (χ2v) is 25.2. The molecular weight excluding hydrogens is 797 g/mol. The van der Waals surface area contributed by atoms with Crippen molar-refractivity contribution in [2.45, 2.75) is 179 Å². The van der Waals surface area contributed by atoms with Gasteiger partial charge >= 0.3 is 0 Å². The van der Waals surface area contributed by atoms with E-state index >= 15 is 0 Å². The highest BCUT2D eigenvalue weighted by molar-refractivity contribution is 8.76. The first kappa shape index (κ1) is 44.3. The number of fused-ring (bicyclic) bond motifs is 9. The smallest absolute Gasteiger partial charge is 0.159 e. The van der Waals surface area contributed by atoms with Crippen LogP contribution in [0.25, 0.3) is 0 Å². The Morgan fingerprint density at radius 3 is 2.38 bits per heavy atom. The molecule has 6 aliphatic carbocycles. The Bertz CT molecular complexity index is 1960. The summed E-state index contributed by atoms with van der Waals surface area (Å²) in [6.45, 7) is 11.6. The predicted molar refractivity (Wildman–Crippen MR) is 248 cm³/mol. The maximum Gasteiger partial charge on any atom is 0.159 e. The van der Waals surface area contributed by atoms with Gasteiger partial charge in [0, 0.05) is 46.7 Å². The predicted octanol–water partition coefficient (Wildman–Crippen LogP) is 10.5. The standard InChI is InChI=1S/C52H74N2O5S2/c1-33-38-24-42(52(59)40-26-44(56)41-27-45(57)46(58)30-49(41,4)37(40)17-21-50(38,52)5)47(16-15-34-12-7-6-8-13-34)61-60-31-36(54-23-22-53-32-54)29-48(2,3)39(25-43(33)55)35-14-11-20-51(28-35)18-9-10-19-51/h6-8,12-13,22-23,26,32-33,36-38,41-43,45-47,55,57-59H,9-11,14-21,24-25,27-31H2,1-5H3. The van der Waals surface area contributed by atoms with Crippen molar-refractivity contribution in [1.29, 1.82) is 0 Å². The van der Waals surface area contributed by atoms with Crippen LogP contribution in [0.4, 0.5) is 0 Å². The number of ketones is 1. The summed E-state index contributed by atoms with van der Waals surface area (Å²) in [5.74, 6) is 0.300. The van der Waals surface area contributed by atoms with Crippen LogP contribution in [0.1, 0.15) is 149 Å². The van der Waals surface area contributed by atoms with Crippen LogP contribution < -0.4 is 0 Å². The van der Waals surface area contributed by atoms with Gasteiger partial charge in [0.2, 0.25) is 0 Å². The van der Waals surface area contributed by atoms with Gasteiger partial charge in [-0.25, -0.2) is 4.98 Å². The largest absolute Gasteiger partial charge is 0.393 e. The summed E-state index contributed by atoms with van der Waals surface area (Å²) in [5.41, 5.74) is 3.18. The summed E-state index contributed by atoms with van der Waals surface area (Å²) in [4.78, 5) is 19.0. The van der Waals surface area contributed by atoms with Gasteiger partial charge in [0.15, 0.2) is 5.78 Å². The molecule has 2 bridgehead atoms. The van der Waals surface area contributed by atoms with Gasteiger partial charge in [0.1, 0.15) is 0 Å². The SMILES string of the molecule is CC1C(O)CC(=C2CCCC3(CCCC3)C2)C(C)(C)CC(n2ccnc2)CSSC(CCc2ccccc2)C2CC1C1(C)CCC3C(=CC(=O)C4CC(O)C(O)CC43C)C21O. The monoisotopic (exact) mass is 871 g/mol. The second kappa shape index (κ2) is 16.8.